The average molecular weight is 411 g/mol. The summed E-state index contributed by atoms with van der Waals surface area (Å²) in [5.41, 5.74) is 1.00. The zero-order chi connectivity index (χ0) is 20.9. The minimum atomic E-state index is -0.627. The van der Waals surface area contributed by atoms with E-state index >= 15 is 0 Å². The first kappa shape index (κ1) is 18.7. The van der Waals surface area contributed by atoms with Crippen LogP contribution in [0.4, 0.5) is 10.1 Å². The van der Waals surface area contributed by atoms with E-state index in [9.17, 15) is 14.0 Å². The number of anilines is 1. The third kappa shape index (κ3) is 2.86. The number of carbonyl (C=O) groups excluding carboxylic acids is 2. The van der Waals surface area contributed by atoms with Crippen molar-refractivity contribution in [1.29, 1.82) is 0 Å². The molecular weight excluding hydrogens is 389 g/mol. The van der Waals surface area contributed by atoms with Crippen molar-refractivity contribution < 1.29 is 23.5 Å². The molecule has 5 rings (SSSR count). The Morgan fingerprint density at radius 2 is 1.90 bits per heavy atom. The second-order valence-electron chi connectivity index (χ2n) is 7.75. The van der Waals surface area contributed by atoms with E-state index in [-0.39, 0.29) is 24.4 Å². The summed E-state index contributed by atoms with van der Waals surface area (Å²) in [5.74, 6) is 0.556. The molecule has 7 nitrogen and oxygen atoms in total. The van der Waals surface area contributed by atoms with Gasteiger partial charge in [0.05, 0.1) is 11.3 Å². The number of likely N-dealkylation sites (tertiary alicyclic amines) is 1. The Morgan fingerprint density at radius 1 is 1.13 bits per heavy atom. The van der Waals surface area contributed by atoms with Gasteiger partial charge in [0.2, 0.25) is 6.79 Å². The Morgan fingerprint density at radius 3 is 2.67 bits per heavy atom. The van der Waals surface area contributed by atoms with Crippen LogP contribution >= 0.6 is 0 Å². The van der Waals surface area contributed by atoms with Gasteiger partial charge in [-0.1, -0.05) is 0 Å². The Hall–Kier alpha value is -3.29. The van der Waals surface area contributed by atoms with E-state index in [2.05, 4.69) is 10.2 Å². The molecule has 1 saturated heterocycles. The predicted molar refractivity (Wildman–Crippen MR) is 107 cm³/mol. The van der Waals surface area contributed by atoms with Gasteiger partial charge in [0.1, 0.15) is 11.5 Å². The molecule has 156 valence electrons. The number of hydrogen-bond donors (Lipinski definition) is 1. The van der Waals surface area contributed by atoms with Crippen molar-refractivity contribution in [2.75, 3.05) is 31.3 Å². The smallest absolute Gasteiger partial charge is 0.255 e. The second kappa shape index (κ2) is 6.90. The number of ether oxygens (including phenoxy) is 2. The Bertz CT molecular complexity index is 1030. The Balaban J connectivity index is 1.37. The molecule has 0 bridgehead atoms. The van der Waals surface area contributed by atoms with Crippen LogP contribution in [-0.4, -0.2) is 48.8 Å². The molecule has 2 amide bonds. The number of hydrogen-bond acceptors (Lipinski definition) is 5. The zero-order valence-corrected chi connectivity index (χ0v) is 16.6. The first-order valence-corrected chi connectivity index (χ1v) is 10.1. The molecule has 2 aromatic rings. The number of nitrogens with one attached hydrogen (secondary N) is 1. The van der Waals surface area contributed by atoms with Gasteiger partial charge >= 0.3 is 0 Å². The molecule has 3 heterocycles. The van der Waals surface area contributed by atoms with Gasteiger partial charge in [0, 0.05) is 38.0 Å². The van der Waals surface area contributed by atoms with Gasteiger partial charge < -0.3 is 24.6 Å². The lowest BCUT2D eigenvalue weighted by molar-refractivity contribution is 0.0603. The predicted octanol–water partition coefficient (Wildman–Crippen LogP) is 2.76. The van der Waals surface area contributed by atoms with Crippen LogP contribution < -0.4 is 19.7 Å². The van der Waals surface area contributed by atoms with E-state index < -0.39 is 5.66 Å². The SMILES string of the molecule is CCN1c2cc(F)ccc2C(=O)NC12CCN(C(=O)c1ccc3c(c1)OCO3)CC2. The molecule has 3 aliphatic rings. The molecule has 1 spiro atoms. The summed E-state index contributed by atoms with van der Waals surface area (Å²) in [5, 5.41) is 3.13. The molecule has 0 radical (unpaired) electrons. The lowest BCUT2D eigenvalue weighted by Gasteiger charge is -2.52. The third-order valence-electron chi connectivity index (χ3n) is 6.17. The maximum absolute atomic E-state index is 13.9. The Kier molecular flexibility index (Phi) is 4.30. The van der Waals surface area contributed by atoms with Crippen molar-refractivity contribution in [3.8, 4) is 11.5 Å². The van der Waals surface area contributed by atoms with Crippen molar-refractivity contribution in [1.82, 2.24) is 10.2 Å². The number of piperidine rings is 1. The highest BCUT2D eigenvalue weighted by molar-refractivity contribution is 6.02. The highest BCUT2D eigenvalue weighted by Gasteiger charge is 2.46. The van der Waals surface area contributed by atoms with Crippen LogP contribution in [0.25, 0.3) is 0 Å². The maximum atomic E-state index is 13.9. The van der Waals surface area contributed by atoms with E-state index in [1.807, 2.05) is 6.92 Å². The summed E-state index contributed by atoms with van der Waals surface area (Å²) in [7, 11) is 0. The minimum Gasteiger partial charge on any atom is -0.454 e. The summed E-state index contributed by atoms with van der Waals surface area (Å²) in [4.78, 5) is 29.6. The minimum absolute atomic E-state index is 0.0835. The lowest BCUT2D eigenvalue weighted by atomic mass is 9.89. The van der Waals surface area contributed by atoms with Crippen molar-refractivity contribution in [2.24, 2.45) is 0 Å². The van der Waals surface area contributed by atoms with E-state index in [0.717, 1.165) is 0 Å². The van der Waals surface area contributed by atoms with Crippen molar-refractivity contribution in [2.45, 2.75) is 25.4 Å². The van der Waals surface area contributed by atoms with E-state index in [1.54, 1.807) is 23.1 Å². The number of rotatable bonds is 2. The fourth-order valence-electron chi connectivity index (χ4n) is 4.66. The van der Waals surface area contributed by atoms with Crippen LogP contribution in [0.1, 0.15) is 40.5 Å². The molecule has 1 N–H and O–H groups in total. The van der Waals surface area contributed by atoms with Crippen LogP contribution in [-0.2, 0) is 0 Å². The standard InChI is InChI=1S/C22H22FN3O4/c1-2-26-17-12-15(23)4-5-16(17)20(27)24-22(26)7-9-25(10-8-22)21(28)14-3-6-18-19(11-14)30-13-29-18/h3-6,11-12H,2,7-10,13H2,1H3,(H,24,27). The summed E-state index contributed by atoms with van der Waals surface area (Å²) in [6.45, 7) is 3.72. The highest BCUT2D eigenvalue weighted by Crippen LogP contribution is 2.38. The van der Waals surface area contributed by atoms with Crippen LogP contribution in [0, 0.1) is 5.82 Å². The molecule has 0 aromatic heterocycles. The molecule has 1 fully saturated rings. The largest absolute Gasteiger partial charge is 0.454 e. The number of benzene rings is 2. The van der Waals surface area contributed by atoms with Crippen LogP contribution in [0.15, 0.2) is 36.4 Å². The summed E-state index contributed by atoms with van der Waals surface area (Å²) >= 11 is 0. The van der Waals surface area contributed by atoms with E-state index in [1.165, 1.54) is 18.2 Å². The zero-order valence-electron chi connectivity index (χ0n) is 16.6. The van der Waals surface area contributed by atoms with Gasteiger partial charge in [-0.15, -0.1) is 0 Å². The molecule has 0 unspecified atom stereocenters. The molecule has 3 aliphatic heterocycles. The lowest BCUT2D eigenvalue weighted by Crippen LogP contribution is -2.68. The average Bonchev–Trinajstić information content (AvgIpc) is 3.22. The normalized spacial score (nSPS) is 18.9. The molecule has 0 aliphatic carbocycles. The van der Waals surface area contributed by atoms with Gasteiger partial charge in [-0.25, -0.2) is 4.39 Å². The van der Waals surface area contributed by atoms with Gasteiger partial charge in [0.25, 0.3) is 11.8 Å². The quantitative estimate of drug-likeness (QED) is 0.823. The summed E-state index contributed by atoms with van der Waals surface area (Å²) in [6, 6.07) is 9.43. The Labute approximate surface area is 173 Å². The highest BCUT2D eigenvalue weighted by atomic mass is 19.1. The first-order valence-electron chi connectivity index (χ1n) is 10.1. The number of fused-ring (bicyclic) bond motifs is 2. The maximum Gasteiger partial charge on any atom is 0.255 e. The van der Waals surface area contributed by atoms with Crippen molar-refractivity contribution >= 4 is 17.5 Å². The van der Waals surface area contributed by atoms with Crippen molar-refractivity contribution in [3.05, 3.63) is 53.3 Å². The molecule has 30 heavy (non-hydrogen) atoms. The van der Waals surface area contributed by atoms with Gasteiger partial charge in [-0.2, -0.15) is 0 Å². The van der Waals surface area contributed by atoms with Gasteiger partial charge in [-0.3, -0.25) is 9.59 Å². The van der Waals surface area contributed by atoms with Crippen molar-refractivity contribution in [3.63, 3.8) is 0 Å². The van der Waals surface area contributed by atoms with E-state index in [4.69, 9.17) is 9.47 Å². The van der Waals surface area contributed by atoms with Gasteiger partial charge in [0.15, 0.2) is 11.5 Å². The molecule has 2 aromatic carbocycles. The molecular formula is C22H22FN3O4. The monoisotopic (exact) mass is 411 g/mol. The number of nitrogens with zero attached hydrogens (tertiary/aromatic N) is 2. The fourth-order valence-corrected chi connectivity index (χ4v) is 4.66. The van der Waals surface area contributed by atoms with Crippen LogP contribution in [0.5, 0.6) is 11.5 Å². The van der Waals surface area contributed by atoms with Crippen LogP contribution in [0.2, 0.25) is 0 Å². The third-order valence-corrected chi connectivity index (χ3v) is 6.17. The van der Waals surface area contributed by atoms with E-state index in [0.29, 0.717) is 60.8 Å². The summed E-state index contributed by atoms with van der Waals surface area (Å²) < 4.78 is 24.6. The number of halogens is 1. The molecule has 0 atom stereocenters. The van der Waals surface area contributed by atoms with Crippen LogP contribution in [0.3, 0.4) is 0 Å². The fraction of sp³-hybridized carbons (Fsp3) is 0.364. The molecule has 8 heteroatoms. The topological polar surface area (TPSA) is 71.1 Å². The molecule has 0 saturated carbocycles. The number of carbonyl (C=O) groups is 2. The second-order valence-corrected chi connectivity index (χ2v) is 7.75. The summed E-state index contributed by atoms with van der Waals surface area (Å²) in [6.07, 6.45) is 1.11. The first-order chi connectivity index (χ1) is 14.5. The number of amides is 2. The van der Waals surface area contributed by atoms with Gasteiger partial charge in [-0.05, 0) is 43.3 Å².